The van der Waals surface area contributed by atoms with E-state index >= 15 is 0 Å². The van der Waals surface area contributed by atoms with E-state index in [2.05, 4.69) is 5.10 Å². The lowest BCUT2D eigenvalue weighted by molar-refractivity contribution is -0.129. The number of fused-ring (bicyclic) bond motifs is 3. The Morgan fingerprint density at radius 3 is 2.81 bits per heavy atom. The topological polar surface area (TPSA) is 81.2 Å². The molecule has 0 saturated carbocycles. The van der Waals surface area contributed by atoms with Gasteiger partial charge in [-0.2, -0.15) is 9.78 Å². The molecule has 1 aliphatic heterocycles. The molecule has 1 aromatic carbocycles. The van der Waals surface area contributed by atoms with Crippen LogP contribution in [-0.2, 0) is 17.8 Å². The summed E-state index contributed by atoms with van der Waals surface area (Å²) in [6.07, 6.45) is 3.94. The Morgan fingerprint density at radius 1 is 1.38 bits per heavy atom. The van der Waals surface area contributed by atoms with Gasteiger partial charge in [0.15, 0.2) is 0 Å². The van der Waals surface area contributed by atoms with Gasteiger partial charge in [-0.25, -0.2) is 4.79 Å². The third kappa shape index (κ3) is 2.16. The normalized spacial score (nSPS) is 15.4. The predicted octanol–water partition coefficient (Wildman–Crippen LogP) is 1.46. The molecule has 3 rings (SSSR count). The fourth-order valence-electron chi connectivity index (χ4n) is 2.76. The summed E-state index contributed by atoms with van der Waals surface area (Å²) in [5.74, 6) is 0.0386. The van der Waals surface area contributed by atoms with E-state index in [4.69, 9.17) is 5.73 Å². The number of hydrogen-bond donors (Lipinski definition) is 1. The Bertz CT molecular complexity index is 733. The zero-order valence-corrected chi connectivity index (χ0v) is 12.0. The Kier molecular flexibility index (Phi) is 3.16. The van der Waals surface area contributed by atoms with Crippen molar-refractivity contribution in [2.24, 2.45) is 5.73 Å². The van der Waals surface area contributed by atoms with Gasteiger partial charge in [0.1, 0.15) is 0 Å². The lowest BCUT2D eigenvalue weighted by Gasteiger charge is -2.25. The molecule has 2 N–H and O–H groups in total. The van der Waals surface area contributed by atoms with Gasteiger partial charge in [0.05, 0.1) is 18.1 Å². The van der Waals surface area contributed by atoms with Gasteiger partial charge in [0.25, 0.3) is 0 Å². The van der Waals surface area contributed by atoms with E-state index < -0.39 is 6.03 Å². The summed E-state index contributed by atoms with van der Waals surface area (Å²) >= 11 is 0. The first kappa shape index (κ1) is 13.6. The molecule has 0 atom stereocenters. The van der Waals surface area contributed by atoms with Gasteiger partial charge in [0.2, 0.25) is 5.91 Å². The van der Waals surface area contributed by atoms with Crippen LogP contribution in [0.1, 0.15) is 25.0 Å². The van der Waals surface area contributed by atoms with Crippen molar-refractivity contribution in [2.45, 2.75) is 32.9 Å². The molecule has 2 aromatic rings. The van der Waals surface area contributed by atoms with Crippen LogP contribution in [0.25, 0.3) is 10.9 Å². The number of carbonyl (C=O) groups is 2. The highest BCUT2D eigenvalue weighted by molar-refractivity contribution is 5.93. The van der Waals surface area contributed by atoms with Crippen LogP contribution in [0.2, 0.25) is 0 Å². The smallest absolute Gasteiger partial charge is 0.340 e. The van der Waals surface area contributed by atoms with Crippen molar-refractivity contribution in [1.29, 1.82) is 0 Å². The fourth-order valence-corrected chi connectivity index (χ4v) is 2.76. The van der Waals surface area contributed by atoms with Gasteiger partial charge in [-0.05, 0) is 37.5 Å². The maximum atomic E-state index is 12.1. The van der Waals surface area contributed by atoms with Gasteiger partial charge in [-0.1, -0.05) is 6.07 Å². The SMILES string of the molecule is CC(C)N1Cc2c(ccc3c2cnn3C(N)=O)C[CH]C1=O. The molecule has 0 saturated heterocycles. The van der Waals surface area contributed by atoms with E-state index in [0.29, 0.717) is 18.5 Å². The van der Waals surface area contributed by atoms with E-state index in [0.717, 1.165) is 16.5 Å². The van der Waals surface area contributed by atoms with Crippen molar-refractivity contribution >= 4 is 22.8 Å². The molecule has 109 valence electrons. The number of nitrogens with two attached hydrogens (primary N) is 1. The molecule has 1 radical (unpaired) electrons. The zero-order valence-electron chi connectivity index (χ0n) is 12.0. The standard InChI is InChI=1S/C15H17N4O2/c1-9(2)18-8-12-10(4-6-14(18)20)3-5-13-11(12)7-17-19(13)15(16)21/h3,5-7,9H,4,8H2,1-2H3,(H2,16,21). The summed E-state index contributed by atoms with van der Waals surface area (Å²) < 4.78 is 1.19. The highest BCUT2D eigenvalue weighted by Gasteiger charge is 2.25. The molecule has 2 amide bonds. The molecule has 6 heteroatoms. The first-order chi connectivity index (χ1) is 9.99. The molecular formula is C15H17N4O2. The molecule has 0 bridgehead atoms. The van der Waals surface area contributed by atoms with Crippen LogP contribution in [0.5, 0.6) is 0 Å². The molecule has 1 aliphatic rings. The monoisotopic (exact) mass is 285 g/mol. The summed E-state index contributed by atoms with van der Waals surface area (Å²) in [7, 11) is 0. The number of benzene rings is 1. The minimum atomic E-state index is -0.609. The fraction of sp³-hybridized carbons (Fsp3) is 0.333. The minimum absolute atomic E-state index is 0.0386. The van der Waals surface area contributed by atoms with Gasteiger partial charge in [0, 0.05) is 18.0 Å². The molecule has 2 heterocycles. The van der Waals surface area contributed by atoms with E-state index in [9.17, 15) is 9.59 Å². The third-order valence-corrected chi connectivity index (χ3v) is 3.90. The van der Waals surface area contributed by atoms with Crippen LogP contribution >= 0.6 is 0 Å². The zero-order chi connectivity index (χ0) is 15.1. The highest BCUT2D eigenvalue weighted by atomic mass is 16.2. The number of primary amides is 1. The maximum absolute atomic E-state index is 12.1. The number of rotatable bonds is 1. The minimum Gasteiger partial charge on any atom is -0.350 e. The molecular weight excluding hydrogens is 268 g/mol. The molecule has 0 unspecified atom stereocenters. The van der Waals surface area contributed by atoms with Crippen molar-refractivity contribution in [1.82, 2.24) is 14.7 Å². The summed E-state index contributed by atoms with van der Waals surface area (Å²) in [5, 5.41) is 4.93. The largest absolute Gasteiger partial charge is 0.350 e. The highest BCUT2D eigenvalue weighted by Crippen LogP contribution is 2.28. The molecule has 0 fully saturated rings. The number of hydrogen-bond acceptors (Lipinski definition) is 3. The number of aromatic nitrogens is 2. The lowest BCUT2D eigenvalue weighted by atomic mass is 10.0. The number of carbonyl (C=O) groups excluding carboxylic acids is 2. The lowest BCUT2D eigenvalue weighted by Crippen LogP contribution is -2.35. The van der Waals surface area contributed by atoms with Crippen molar-refractivity contribution in [2.75, 3.05) is 0 Å². The predicted molar refractivity (Wildman–Crippen MR) is 78.4 cm³/mol. The van der Waals surface area contributed by atoms with Crippen LogP contribution in [-0.4, -0.2) is 32.7 Å². The van der Waals surface area contributed by atoms with Gasteiger partial charge < -0.3 is 10.6 Å². The van der Waals surface area contributed by atoms with Crippen molar-refractivity contribution in [3.8, 4) is 0 Å². The van der Waals surface area contributed by atoms with Gasteiger partial charge in [-0.15, -0.1) is 0 Å². The van der Waals surface area contributed by atoms with Crippen LogP contribution in [0, 0.1) is 6.42 Å². The van der Waals surface area contributed by atoms with Gasteiger partial charge >= 0.3 is 6.03 Å². The summed E-state index contributed by atoms with van der Waals surface area (Å²) in [4.78, 5) is 25.4. The van der Waals surface area contributed by atoms with E-state index in [1.165, 1.54) is 4.68 Å². The first-order valence-electron chi connectivity index (χ1n) is 6.91. The third-order valence-electron chi connectivity index (χ3n) is 3.90. The Morgan fingerprint density at radius 2 is 2.14 bits per heavy atom. The molecule has 6 nitrogen and oxygen atoms in total. The molecule has 1 aromatic heterocycles. The number of nitrogens with zero attached hydrogens (tertiary/aromatic N) is 3. The second-order valence-electron chi connectivity index (χ2n) is 5.50. The van der Waals surface area contributed by atoms with Crippen molar-refractivity contribution < 1.29 is 9.59 Å². The average Bonchev–Trinajstić information content (AvgIpc) is 2.78. The van der Waals surface area contributed by atoms with Crippen molar-refractivity contribution in [3.63, 3.8) is 0 Å². The Hall–Kier alpha value is -2.37. The molecule has 0 aliphatic carbocycles. The average molecular weight is 285 g/mol. The summed E-state index contributed by atoms with van der Waals surface area (Å²) in [6, 6.07) is 3.27. The first-order valence-corrected chi connectivity index (χ1v) is 6.91. The van der Waals surface area contributed by atoms with Crippen LogP contribution in [0.15, 0.2) is 18.3 Å². The summed E-state index contributed by atoms with van der Waals surface area (Å²) in [6.45, 7) is 4.50. The van der Waals surface area contributed by atoms with E-state index in [-0.39, 0.29) is 11.9 Å². The molecule has 0 spiro atoms. The van der Waals surface area contributed by atoms with Crippen LogP contribution < -0.4 is 5.73 Å². The second-order valence-corrected chi connectivity index (χ2v) is 5.50. The molecule has 21 heavy (non-hydrogen) atoms. The quantitative estimate of drug-likeness (QED) is 0.861. The Labute approximate surface area is 122 Å². The second kappa shape index (κ2) is 4.87. The maximum Gasteiger partial charge on any atom is 0.340 e. The van der Waals surface area contributed by atoms with Crippen LogP contribution in [0.3, 0.4) is 0 Å². The number of amides is 2. The Balaban J connectivity index is 2.17. The van der Waals surface area contributed by atoms with E-state index in [1.807, 2.05) is 30.9 Å². The van der Waals surface area contributed by atoms with Crippen molar-refractivity contribution in [3.05, 3.63) is 35.9 Å². The summed E-state index contributed by atoms with van der Waals surface area (Å²) in [5.41, 5.74) is 8.12. The van der Waals surface area contributed by atoms with Gasteiger partial charge in [-0.3, -0.25) is 4.79 Å². The van der Waals surface area contributed by atoms with Crippen LogP contribution in [0.4, 0.5) is 4.79 Å². The van der Waals surface area contributed by atoms with E-state index in [1.54, 1.807) is 12.6 Å².